The Bertz CT molecular complexity index is 1150. The molecule has 28 heavy (non-hydrogen) atoms. The monoisotopic (exact) mass is 408 g/mol. The number of halogens is 3. The van der Waals surface area contributed by atoms with Gasteiger partial charge in [0, 0.05) is 28.0 Å². The zero-order valence-corrected chi connectivity index (χ0v) is 16.3. The van der Waals surface area contributed by atoms with Crippen LogP contribution in [0, 0.1) is 0 Å². The van der Waals surface area contributed by atoms with E-state index in [2.05, 4.69) is 23.9 Å². The van der Waals surface area contributed by atoms with Gasteiger partial charge in [0.25, 0.3) is 5.56 Å². The molecule has 0 N–H and O–H groups in total. The lowest BCUT2D eigenvalue weighted by Gasteiger charge is -2.18. The predicted octanol–water partition coefficient (Wildman–Crippen LogP) is 4.12. The third-order valence-corrected chi connectivity index (χ3v) is 6.76. The van der Waals surface area contributed by atoms with Gasteiger partial charge < -0.3 is 0 Å². The lowest BCUT2D eigenvalue weighted by atomic mass is 9.91. The molecule has 0 atom stereocenters. The smallest absolute Gasteiger partial charge is 0.269 e. The lowest BCUT2D eigenvalue weighted by Crippen LogP contribution is -2.24. The molecular weight excluding hydrogens is 389 g/mol. The van der Waals surface area contributed by atoms with Gasteiger partial charge in [-0.15, -0.1) is 11.3 Å². The third-order valence-electron chi connectivity index (χ3n) is 5.66. The highest BCUT2D eigenvalue weighted by Crippen LogP contribution is 2.43. The fourth-order valence-electron chi connectivity index (χ4n) is 4.06. The van der Waals surface area contributed by atoms with E-state index in [0.717, 1.165) is 47.0 Å². The highest BCUT2D eigenvalue weighted by atomic mass is 32.1. The Labute approximate surface area is 162 Å². The van der Waals surface area contributed by atoms with Crippen LogP contribution >= 0.6 is 11.3 Å². The topological polar surface area (TPSA) is 52.2 Å². The molecule has 3 aromatic heterocycles. The molecule has 5 rings (SSSR count). The Hall–Kier alpha value is -2.16. The fraction of sp³-hybridized carbons (Fsp3) is 0.526. The first-order valence-corrected chi connectivity index (χ1v) is 10.1. The van der Waals surface area contributed by atoms with E-state index < -0.39 is 11.9 Å². The number of nitrogens with zero attached hydrogens (tertiary/aromatic N) is 4. The average Bonchev–Trinajstić information content (AvgIpc) is 3.11. The zero-order chi connectivity index (χ0) is 19.8. The van der Waals surface area contributed by atoms with Crippen LogP contribution in [-0.2, 0) is 24.6 Å². The summed E-state index contributed by atoms with van der Waals surface area (Å²) >= 11 is 1.46. The van der Waals surface area contributed by atoms with E-state index in [1.54, 1.807) is 4.40 Å². The van der Waals surface area contributed by atoms with Crippen molar-refractivity contribution < 1.29 is 13.2 Å². The Morgan fingerprint density at radius 3 is 2.71 bits per heavy atom. The molecule has 0 aromatic carbocycles. The van der Waals surface area contributed by atoms with Gasteiger partial charge in [-0.3, -0.25) is 13.9 Å². The number of fused-ring (bicyclic) bond motifs is 3. The Kier molecular flexibility index (Phi) is 3.63. The number of hydrogen-bond acceptors (Lipinski definition) is 4. The summed E-state index contributed by atoms with van der Waals surface area (Å²) in [6.45, 7) is 4.04. The number of aromatic nitrogens is 4. The maximum absolute atomic E-state index is 13.4. The van der Waals surface area contributed by atoms with Crippen molar-refractivity contribution in [2.45, 2.75) is 63.6 Å². The summed E-state index contributed by atoms with van der Waals surface area (Å²) in [7, 11) is 0. The van der Waals surface area contributed by atoms with Crippen molar-refractivity contribution in [3.05, 3.63) is 50.1 Å². The minimum atomic E-state index is -4.49. The standard InChI is InChI=1S/C19H19F3N4OS/c1-18(2)6-5-13-16(18)26-15(27)7-11(23-17(26)28-13)9-25-14(19(20,21)22)8-12(24-25)10-3-4-10/h7-8,10H,3-6,9H2,1-2H3. The van der Waals surface area contributed by atoms with Crippen LogP contribution in [0.5, 0.6) is 0 Å². The molecule has 148 valence electrons. The van der Waals surface area contributed by atoms with E-state index >= 15 is 0 Å². The van der Waals surface area contributed by atoms with Crippen LogP contribution in [-0.4, -0.2) is 19.2 Å². The average molecular weight is 408 g/mol. The molecule has 1 fully saturated rings. The molecule has 3 heterocycles. The van der Waals surface area contributed by atoms with E-state index in [0.29, 0.717) is 16.3 Å². The minimum absolute atomic E-state index is 0.106. The van der Waals surface area contributed by atoms with Crippen LogP contribution in [0.4, 0.5) is 13.2 Å². The van der Waals surface area contributed by atoms with E-state index in [-0.39, 0.29) is 23.4 Å². The van der Waals surface area contributed by atoms with Gasteiger partial charge in [-0.2, -0.15) is 18.3 Å². The summed E-state index contributed by atoms with van der Waals surface area (Å²) in [5, 5.41) is 4.17. The molecule has 0 aliphatic heterocycles. The van der Waals surface area contributed by atoms with Crippen molar-refractivity contribution in [1.82, 2.24) is 19.2 Å². The van der Waals surface area contributed by atoms with Crippen molar-refractivity contribution in [2.75, 3.05) is 0 Å². The number of rotatable bonds is 3. The Morgan fingerprint density at radius 1 is 1.29 bits per heavy atom. The molecule has 0 radical (unpaired) electrons. The first-order chi connectivity index (χ1) is 13.1. The maximum Gasteiger partial charge on any atom is 0.433 e. The summed E-state index contributed by atoms with van der Waals surface area (Å²) in [5.74, 6) is 0.117. The number of hydrogen-bond donors (Lipinski definition) is 0. The second-order valence-electron chi connectivity index (χ2n) is 8.35. The van der Waals surface area contributed by atoms with Crippen LogP contribution < -0.4 is 5.56 Å². The van der Waals surface area contributed by atoms with Gasteiger partial charge in [0.2, 0.25) is 0 Å². The summed E-state index contributed by atoms with van der Waals surface area (Å²) in [4.78, 5) is 19.0. The largest absolute Gasteiger partial charge is 0.433 e. The summed E-state index contributed by atoms with van der Waals surface area (Å²) in [6, 6.07) is 2.47. The Balaban J connectivity index is 1.58. The summed E-state index contributed by atoms with van der Waals surface area (Å²) in [5.41, 5.74) is 0.635. The third kappa shape index (κ3) is 2.78. The van der Waals surface area contributed by atoms with Crippen molar-refractivity contribution >= 4 is 16.3 Å². The molecule has 2 aliphatic carbocycles. The molecule has 9 heteroatoms. The van der Waals surface area contributed by atoms with Crippen molar-refractivity contribution in [3.63, 3.8) is 0 Å². The highest BCUT2D eigenvalue weighted by Gasteiger charge is 2.39. The second kappa shape index (κ2) is 5.68. The molecule has 3 aromatic rings. The van der Waals surface area contributed by atoms with Gasteiger partial charge in [-0.25, -0.2) is 4.98 Å². The van der Waals surface area contributed by atoms with E-state index in [9.17, 15) is 18.0 Å². The second-order valence-corrected chi connectivity index (χ2v) is 9.41. The predicted molar refractivity (Wildman–Crippen MR) is 99.0 cm³/mol. The van der Waals surface area contributed by atoms with Crippen LogP contribution in [0.2, 0.25) is 0 Å². The first-order valence-electron chi connectivity index (χ1n) is 9.33. The van der Waals surface area contributed by atoms with Gasteiger partial charge in [0.1, 0.15) is 5.69 Å². The van der Waals surface area contributed by atoms with Crippen LogP contribution in [0.25, 0.3) is 4.96 Å². The van der Waals surface area contributed by atoms with Crippen molar-refractivity contribution in [2.24, 2.45) is 0 Å². The fourth-order valence-corrected chi connectivity index (χ4v) is 5.38. The molecule has 0 spiro atoms. The Morgan fingerprint density at radius 2 is 2.04 bits per heavy atom. The molecule has 1 saturated carbocycles. The van der Waals surface area contributed by atoms with Crippen molar-refractivity contribution in [1.29, 1.82) is 0 Å². The molecule has 2 aliphatic rings. The molecule has 5 nitrogen and oxygen atoms in total. The van der Waals surface area contributed by atoms with Crippen LogP contribution in [0.3, 0.4) is 0 Å². The van der Waals surface area contributed by atoms with E-state index in [4.69, 9.17) is 0 Å². The molecule has 0 bridgehead atoms. The summed E-state index contributed by atoms with van der Waals surface area (Å²) < 4.78 is 42.9. The zero-order valence-electron chi connectivity index (χ0n) is 15.5. The molecule has 0 amide bonds. The normalized spacial score (nSPS) is 18.8. The molecular formula is C19H19F3N4OS. The number of aryl methyl sites for hydroxylation is 1. The minimum Gasteiger partial charge on any atom is -0.269 e. The maximum atomic E-state index is 13.4. The number of alkyl halides is 3. The van der Waals surface area contributed by atoms with Gasteiger partial charge in [-0.05, 0) is 31.7 Å². The van der Waals surface area contributed by atoms with Crippen molar-refractivity contribution in [3.8, 4) is 0 Å². The lowest BCUT2D eigenvalue weighted by molar-refractivity contribution is -0.144. The number of thiazole rings is 1. The SMILES string of the molecule is CC1(C)CCc2sc3nc(Cn4nc(C5CC5)cc4C(F)(F)F)cc(=O)n3c21. The summed E-state index contributed by atoms with van der Waals surface area (Å²) in [6.07, 6.45) is -0.877. The van der Waals surface area contributed by atoms with E-state index in [1.807, 2.05) is 0 Å². The van der Waals surface area contributed by atoms with Gasteiger partial charge >= 0.3 is 6.18 Å². The van der Waals surface area contributed by atoms with Gasteiger partial charge in [0.05, 0.1) is 17.9 Å². The quantitative estimate of drug-likeness (QED) is 0.655. The molecule has 0 saturated heterocycles. The molecule has 0 unspecified atom stereocenters. The highest BCUT2D eigenvalue weighted by molar-refractivity contribution is 7.17. The van der Waals surface area contributed by atoms with Crippen LogP contribution in [0.1, 0.15) is 66.7 Å². The first kappa shape index (κ1) is 17.9. The van der Waals surface area contributed by atoms with Gasteiger partial charge in [0.15, 0.2) is 4.96 Å². The van der Waals surface area contributed by atoms with Crippen LogP contribution in [0.15, 0.2) is 16.9 Å². The van der Waals surface area contributed by atoms with E-state index in [1.165, 1.54) is 17.4 Å². The van der Waals surface area contributed by atoms with Gasteiger partial charge in [-0.1, -0.05) is 13.8 Å².